The first kappa shape index (κ1) is 12.8. The molecule has 0 atom stereocenters. The number of hydrogen-bond donors (Lipinski definition) is 2. The zero-order valence-corrected chi connectivity index (χ0v) is 10.2. The van der Waals surface area contributed by atoms with E-state index in [9.17, 15) is 14.4 Å². The first-order valence-electron chi connectivity index (χ1n) is 5.60. The van der Waals surface area contributed by atoms with Gasteiger partial charge in [0.1, 0.15) is 12.1 Å². The van der Waals surface area contributed by atoms with E-state index in [0.717, 1.165) is 0 Å². The highest BCUT2D eigenvalue weighted by Gasteiger charge is 2.14. The lowest BCUT2D eigenvalue weighted by atomic mass is 10.1. The molecule has 98 valence electrons. The van der Waals surface area contributed by atoms with E-state index in [0.29, 0.717) is 5.52 Å². The number of carboxylic acid groups (broad SMARTS) is 1. The van der Waals surface area contributed by atoms with Gasteiger partial charge in [0.25, 0.3) is 0 Å². The molecule has 0 spiro atoms. The molecule has 0 fully saturated rings. The van der Waals surface area contributed by atoms with Crippen LogP contribution in [0.4, 0.5) is 0 Å². The van der Waals surface area contributed by atoms with E-state index in [1.807, 2.05) is 0 Å². The molecule has 2 N–H and O–H groups in total. The number of carbonyl (C=O) groups is 2. The minimum Gasteiger partial charge on any atom is -0.477 e. The van der Waals surface area contributed by atoms with Crippen molar-refractivity contribution in [3.05, 3.63) is 46.2 Å². The highest BCUT2D eigenvalue weighted by molar-refractivity contribution is 5.93. The van der Waals surface area contributed by atoms with Gasteiger partial charge in [0.2, 0.25) is 11.3 Å². The highest BCUT2D eigenvalue weighted by Crippen LogP contribution is 2.11. The monoisotopic (exact) mass is 260 g/mol. The lowest BCUT2D eigenvalue weighted by molar-refractivity contribution is -0.121. The van der Waals surface area contributed by atoms with Crippen LogP contribution in [0.2, 0.25) is 0 Å². The molecular weight excluding hydrogens is 248 g/mol. The number of rotatable bonds is 3. The summed E-state index contributed by atoms with van der Waals surface area (Å²) < 4.78 is 1.46. The van der Waals surface area contributed by atoms with Crippen molar-refractivity contribution in [3.63, 3.8) is 0 Å². The van der Waals surface area contributed by atoms with Crippen molar-refractivity contribution in [1.29, 1.82) is 0 Å². The van der Waals surface area contributed by atoms with Crippen LogP contribution in [0.5, 0.6) is 0 Å². The van der Waals surface area contributed by atoms with Gasteiger partial charge in [-0.25, -0.2) is 4.79 Å². The second kappa shape index (κ2) is 4.93. The largest absolute Gasteiger partial charge is 0.477 e. The Bertz CT molecular complexity index is 718. The second-order valence-electron chi connectivity index (χ2n) is 4.00. The van der Waals surface area contributed by atoms with Crippen LogP contribution in [0.15, 0.2) is 35.3 Å². The van der Waals surface area contributed by atoms with Crippen molar-refractivity contribution in [2.75, 3.05) is 7.05 Å². The molecule has 1 aromatic carbocycles. The number of nitrogens with zero attached hydrogens (tertiary/aromatic N) is 1. The number of nitrogens with one attached hydrogen (secondary N) is 1. The predicted molar refractivity (Wildman–Crippen MR) is 69.2 cm³/mol. The van der Waals surface area contributed by atoms with Crippen LogP contribution < -0.4 is 10.7 Å². The number of pyridine rings is 1. The van der Waals surface area contributed by atoms with E-state index in [-0.39, 0.29) is 23.4 Å². The van der Waals surface area contributed by atoms with Gasteiger partial charge in [-0.2, -0.15) is 0 Å². The number of fused-ring (bicyclic) bond motifs is 1. The smallest absolute Gasteiger partial charge is 0.341 e. The number of likely N-dealkylation sites (N-methyl/N-ethyl adjacent to an activating group) is 1. The Morgan fingerprint density at radius 1 is 1.32 bits per heavy atom. The van der Waals surface area contributed by atoms with Gasteiger partial charge in [-0.1, -0.05) is 12.1 Å². The third-order valence-electron chi connectivity index (χ3n) is 2.81. The van der Waals surface area contributed by atoms with Gasteiger partial charge in [-0.05, 0) is 12.1 Å². The molecule has 2 aromatic rings. The predicted octanol–water partition coefficient (Wildman–Crippen LogP) is 0.446. The van der Waals surface area contributed by atoms with E-state index in [4.69, 9.17) is 5.11 Å². The fourth-order valence-electron chi connectivity index (χ4n) is 1.86. The molecule has 6 nitrogen and oxygen atoms in total. The summed E-state index contributed by atoms with van der Waals surface area (Å²) >= 11 is 0. The Morgan fingerprint density at radius 2 is 2.00 bits per heavy atom. The molecule has 0 radical (unpaired) electrons. The summed E-state index contributed by atoms with van der Waals surface area (Å²) in [5.41, 5.74) is -0.361. The van der Waals surface area contributed by atoms with Gasteiger partial charge in [0.15, 0.2) is 0 Å². The van der Waals surface area contributed by atoms with Crippen molar-refractivity contribution >= 4 is 22.8 Å². The number of aromatic carboxylic acids is 1. The number of hydrogen-bond acceptors (Lipinski definition) is 3. The summed E-state index contributed by atoms with van der Waals surface area (Å²) in [6.07, 6.45) is 1.20. The molecule has 1 heterocycles. The van der Waals surface area contributed by atoms with Gasteiger partial charge in [-0.3, -0.25) is 9.59 Å². The van der Waals surface area contributed by atoms with Crippen LogP contribution in [0, 0.1) is 0 Å². The molecule has 1 amide bonds. The zero-order chi connectivity index (χ0) is 14.0. The third-order valence-corrected chi connectivity index (χ3v) is 2.81. The van der Waals surface area contributed by atoms with Crippen LogP contribution in [0.1, 0.15) is 10.4 Å². The number of aromatic nitrogens is 1. The van der Waals surface area contributed by atoms with Crippen molar-refractivity contribution in [2.45, 2.75) is 6.54 Å². The van der Waals surface area contributed by atoms with E-state index in [2.05, 4.69) is 5.32 Å². The first-order valence-corrected chi connectivity index (χ1v) is 5.60. The first-order chi connectivity index (χ1) is 9.04. The van der Waals surface area contributed by atoms with E-state index >= 15 is 0 Å². The molecule has 0 saturated carbocycles. The molecule has 0 saturated heterocycles. The highest BCUT2D eigenvalue weighted by atomic mass is 16.4. The van der Waals surface area contributed by atoms with Gasteiger partial charge >= 0.3 is 5.97 Å². The van der Waals surface area contributed by atoms with E-state index < -0.39 is 11.4 Å². The summed E-state index contributed by atoms with van der Waals surface area (Å²) in [6.45, 7) is -0.0441. The Kier molecular flexibility index (Phi) is 3.33. The molecule has 1 aromatic heterocycles. The third kappa shape index (κ3) is 2.33. The molecule has 0 bridgehead atoms. The molecule has 0 unspecified atom stereocenters. The number of benzene rings is 1. The number of amides is 1. The van der Waals surface area contributed by atoms with Crippen LogP contribution in [-0.4, -0.2) is 28.6 Å². The molecule has 0 aliphatic rings. The maximum atomic E-state index is 12.0. The van der Waals surface area contributed by atoms with Gasteiger partial charge in [-0.15, -0.1) is 0 Å². The lowest BCUT2D eigenvalue weighted by Crippen LogP contribution is -2.26. The number of carbonyl (C=O) groups excluding carboxylic acids is 1. The average Bonchev–Trinajstić information content (AvgIpc) is 2.41. The topological polar surface area (TPSA) is 88.4 Å². The number of carboxylic acids is 1. The SMILES string of the molecule is CNC(=O)Cn1cc(C(=O)O)c(=O)c2ccccc21. The van der Waals surface area contributed by atoms with Crippen molar-refractivity contribution in [1.82, 2.24) is 9.88 Å². The quantitative estimate of drug-likeness (QED) is 0.838. The van der Waals surface area contributed by atoms with Gasteiger partial charge in [0.05, 0.1) is 5.52 Å². The van der Waals surface area contributed by atoms with Crippen molar-refractivity contribution in [2.24, 2.45) is 0 Å². The molecule has 0 aliphatic heterocycles. The van der Waals surface area contributed by atoms with Crippen LogP contribution in [-0.2, 0) is 11.3 Å². The normalized spacial score (nSPS) is 10.4. The molecule has 0 aliphatic carbocycles. The molecular formula is C13H12N2O4. The average molecular weight is 260 g/mol. The maximum absolute atomic E-state index is 12.0. The van der Waals surface area contributed by atoms with E-state index in [1.54, 1.807) is 24.3 Å². The maximum Gasteiger partial charge on any atom is 0.341 e. The molecule has 6 heteroatoms. The Morgan fingerprint density at radius 3 is 2.63 bits per heavy atom. The zero-order valence-electron chi connectivity index (χ0n) is 10.2. The van der Waals surface area contributed by atoms with Crippen LogP contribution >= 0.6 is 0 Å². The Hall–Kier alpha value is -2.63. The molecule has 19 heavy (non-hydrogen) atoms. The summed E-state index contributed by atoms with van der Waals surface area (Å²) in [5, 5.41) is 11.8. The van der Waals surface area contributed by atoms with Gasteiger partial charge < -0.3 is 15.0 Å². The fourth-order valence-corrected chi connectivity index (χ4v) is 1.86. The second-order valence-corrected chi connectivity index (χ2v) is 4.00. The lowest BCUT2D eigenvalue weighted by Gasteiger charge is -2.11. The minimum atomic E-state index is -1.30. The summed E-state index contributed by atoms with van der Waals surface area (Å²) in [6, 6.07) is 6.60. The van der Waals surface area contributed by atoms with Gasteiger partial charge in [0, 0.05) is 18.6 Å². The van der Waals surface area contributed by atoms with Crippen LogP contribution in [0.3, 0.4) is 0 Å². The Balaban J connectivity index is 2.75. The van der Waals surface area contributed by atoms with Crippen LogP contribution in [0.25, 0.3) is 10.9 Å². The number of para-hydroxylation sites is 1. The fraction of sp³-hybridized carbons (Fsp3) is 0.154. The van der Waals surface area contributed by atoms with Crippen molar-refractivity contribution < 1.29 is 14.7 Å². The molecule has 2 rings (SSSR count). The van der Waals surface area contributed by atoms with Crippen molar-refractivity contribution in [3.8, 4) is 0 Å². The summed E-state index contributed by atoms with van der Waals surface area (Å²) in [5.74, 6) is -1.58. The summed E-state index contributed by atoms with van der Waals surface area (Å²) in [7, 11) is 1.49. The Labute approximate surface area is 108 Å². The van der Waals surface area contributed by atoms with E-state index in [1.165, 1.54) is 17.8 Å². The minimum absolute atomic E-state index is 0.0441. The summed E-state index contributed by atoms with van der Waals surface area (Å²) in [4.78, 5) is 34.5. The standard InChI is InChI=1S/C13H12N2O4/c1-14-11(16)7-15-6-9(13(18)19)12(17)8-4-2-3-5-10(8)15/h2-6H,7H2,1H3,(H,14,16)(H,18,19).